The molecule has 1 N–H and O–H groups in total. The van der Waals surface area contributed by atoms with Crippen LogP contribution in [0.1, 0.15) is 66.7 Å². The molecular formula is C13H29N. The molecule has 0 fully saturated rings. The molecule has 1 nitrogen and oxygen atoms in total. The number of rotatable bonds is 7. The SMILES string of the molecule is CCCCC(CC(C)(C)C)NCCC. The van der Waals surface area contributed by atoms with Crippen molar-refractivity contribution in [1.29, 1.82) is 0 Å². The van der Waals surface area contributed by atoms with Gasteiger partial charge in [-0.05, 0) is 31.2 Å². The zero-order valence-electron chi connectivity index (χ0n) is 10.8. The molecule has 0 rings (SSSR count). The second kappa shape index (κ2) is 7.28. The first-order valence-corrected chi connectivity index (χ1v) is 6.23. The molecule has 0 amide bonds. The number of nitrogens with one attached hydrogen (secondary N) is 1. The van der Waals surface area contributed by atoms with E-state index < -0.39 is 0 Å². The molecule has 0 heterocycles. The standard InChI is InChI=1S/C13H29N/c1-6-8-9-12(14-10-7-2)11-13(3,4)5/h12,14H,6-11H2,1-5H3. The summed E-state index contributed by atoms with van der Waals surface area (Å²) in [6.07, 6.45) is 6.56. The second-order valence-corrected chi connectivity index (χ2v) is 5.56. The molecule has 0 spiro atoms. The molecule has 0 radical (unpaired) electrons. The van der Waals surface area contributed by atoms with Crippen LogP contribution in [0.4, 0.5) is 0 Å². The molecule has 0 aromatic carbocycles. The Kier molecular flexibility index (Phi) is 7.26. The Morgan fingerprint density at radius 3 is 2.14 bits per heavy atom. The fourth-order valence-electron chi connectivity index (χ4n) is 1.81. The van der Waals surface area contributed by atoms with E-state index in [1.54, 1.807) is 0 Å². The van der Waals surface area contributed by atoms with Gasteiger partial charge >= 0.3 is 0 Å². The van der Waals surface area contributed by atoms with Crippen molar-refractivity contribution in [2.75, 3.05) is 6.54 Å². The molecule has 0 aromatic rings. The maximum absolute atomic E-state index is 3.66. The van der Waals surface area contributed by atoms with E-state index >= 15 is 0 Å². The highest BCUT2D eigenvalue weighted by Crippen LogP contribution is 2.23. The average Bonchev–Trinajstić information content (AvgIpc) is 2.07. The van der Waals surface area contributed by atoms with Gasteiger partial charge in [0.05, 0.1) is 0 Å². The summed E-state index contributed by atoms with van der Waals surface area (Å²) in [7, 11) is 0. The van der Waals surface area contributed by atoms with Crippen molar-refractivity contribution in [2.45, 2.75) is 72.8 Å². The summed E-state index contributed by atoms with van der Waals surface area (Å²) >= 11 is 0. The van der Waals surface area contributed by atoms with Crippen LogP contribution in [-0.4, -0.2) is 12.6 Å². The lowest BCUT2D eigenvalue weighted by atomic mass is 9.86. The smallest absolute Gasteiger partial charge is 0.00720 e. The van der Waals surface area contributed by atoms with Gasteiger partial charge in [0.25, 0.3) is 0 Å². The summed E-state index contributed by atoms with van der Waals surface area (Å²) in [5.74, 6) is 0. The maximum Gasteiger partial charge on any atom is 0.00720 e. The van der Waals surface area contributed by atoms with E-state index in [-0.39, 0.29) is 0 Å². The van der Waals surface area contributed by atoms with Gasteiger partial charge in [0, 0.05) is 6.04 Å². The van der Waals surface area contributed by atoms with Gasteiger partial charge in [-0.1, -0.05) is 47.5 Å². The van der Waals surface area contributed by atoms with Crippen molar-refractivity contribution in [2.24, 2.45) is 5.41 Å². The maximum atomic E-state index is 3.66. The quantitative estimate of drug-likeness (QED) is 0.654. The van der Waals surface area contributed by atoms with Crippen molar-refractivity contribution in [3.63, 3.8) is 0 Å². The minimum Gasteiger partial charge on any atom is -0.314 e. The fourth-order valence-corrected chi connectivity index (χ4v) is 1.81. The zero-order valence-corrected chi connectivity index (χ0v) is 10.8. The van der Waals surface area contributed by atoms with E-state index in [1.807, 2.05) is 0 Å². The molecule has 86 valence electrons. The van der Waals surface area contributed by atoms with Crippen molar-refractivity contribution in [3.05, 3.63) is 0 Å². The number of hydrogen-bond donors (Lipinski definition) is 1. The monoisotopic (exact) mass is 199 g/mol. The lowest BCUT2D eigenvalue weighted by molar-refractivity contribution is 0.295. The summed E-state index contributed by atoms with van der Waals surface area (Å²) in [6, 6.07) is 0.731. The Bertz CT molecular complexity index is 116. The Morgan fingerprint density at radius 2 is 1.71 bits per heavy atom. The summed E-state index contributed by atoms with van der Waals surface area (Å²) in [5, 5.41) is 3.66. The van der Waals surface area contributed by atoms with Crippen LogP contribution in [0.2, 0.25) is 0 Å². The van der Waals surface area contributed by atoms with Gasteiger partial charge in [0.2, 0.25) is 0 Å². The van der Waals surface area contributed by atoms with Crippen LogP contribution >= 0.6 is 0 Å². The first kappa shape index (κ1) is 14.0. The Morgan fingerprint density at radius 1 is 1.07 bits per heavy atom. The van der Waals surface area contributed by atoms with Gasteiger partial charge in [0.1, 0.15) is 0 Å². The van der Waals surface area contributed by atoms with Crippen LogP contribution in [0, 0.1) is 5.41 Å². The largest absolute Gasteiger partial charge is 0.314 e. The molecule has 0 aliphatic rings. The molecule has 0 bridgehead atoms. The molecular weight excluding hydrogens is 170 g/mol. The van der Waals surface area contributed by atoms with Crippen LogP contribution in [0.3, 0.4) is 0 Å². The molecule has 1 unspecified atom stereocenters. The molecule has 1 atom stereocenters. The Hall–Kier alpha value is -0.0400. The average molecular weight is 199 g/mol. The molecule has 1 heteroatoms. The van der Waals surface area contributed by atoms with Gasteiger partial charge in [-0.15, -0.1) is 0 Å². The van der Waals surface area contributed by atoms with E-state index in [1.165, 1.54) is 38.6 Å². The summed E-state index contributed by atoms with van der Waals surface area (Å²) < 4.78 is 0. The van der Waals surface area contributed by atoms with Crippen LogP contribution in [0.25, 0.3) is 0 Å². The minimum absolute atomic E-state index is 0.457. The normalized spacial score (nSPS) is 14.4. The third-order valence-corrected chi connectivity index (χ3v) is 2.45. The van der Waals surface area contributed by atoms with E-state index in [0.717, 1.165) is 6.04 Å². The lowest BCUT2D eigenvalue weighted by Crippen LogP contribution is -2.33. The van der Waals surface area contributed by atoms with Gasteiger partial charge in [-0.2, -0.15) is 0 Å². The number of unbranched alkanes of at least 4 members (excludes halogenated alkanes) is 1. The van der Waals surface area contributed by atoms with E-state index in [4.69, 9.17) is 0 Å². The van der Waals surface area contributed by atoms with Crippen LogP contribution in [-0.2, 0) is 0 Å². The summed E-state index contributed by atoms with van der Waals surface area (Å²) in [5.41, 5.74) is 0.457. The Balaban J connectivity index is 3.84. The highest BCUT2D eigenvalue weighted by Gasteiger charge is 2.17. The van der Waals surface area contributed by atoms with Gasteiger partial charge in [-0.3, -0.25) is 0 Å². The third-order valence-electron chi connectivity index (χ3n) is 2.45. The van der Waals surface area contributed by atoms with Crippen molar-refractivity contribution >= 4 is 0 Å². The summed E-state index contributed by atoms with van der Waals surface area (Å²) in [4.78, 5) is 0. The van der Waals surface area contributed by atoms with Crippen molar-refractivity contribution < 1.29 is 0 Å². The minimum atomic E-state index is 0.457. The predicted molar refractivity (Wildman–Crippen MR) is 65.7 cm³/mol. The first-order chi connectivity index (χ1) is 6.49. The lowest BCUT2D eigenvalue weighted by Gasteiger charge is -2.26. The molecule has 0 saturated carbocycles. The van der Waals surface area contributed by atoms with Gasteiger partial charge in [-0.25, -0.2) is 0 Å². The third kappa shape index (κ3) is 8.55. The van der Waals surface area contributed by atoms with Crippen LogP contribution in [0.5, 0.6) is 0 Å². The summed E-state index contributed by atoms with van der Waals surface area (Å²) in [6.45, 7) is 12.7. The fraction of sp³-hybridized carbons (Fsp3) is 1.00. The topological polar surface area (TPSA) is 12.0 Å². The Labute approximate surface area is 90.7 Å². The van der Waals surface area contributed by atoms with Gasteiger partial charge < -0.3 is 5.32 Å². The number of hydrogen-bond acceptors (Lipinski definition) is 1. The molecule has 0 saturated heterocycles. The predicted octanol–water partition coefficient (Wildman–Crippen LogP) is 3.98. The van der Waals surface area contributed by atoms with Crippen LogP contribution < -0.4 is 5.32 Å². The van der Waals surface area contributed by atoms with E-state index in [2.05, 4.69) is 39.9 Å². The first-order valence-electron chi connectivity index (χ1n) is 6.23. The van der Waals surface area contributed by atoms with Crippen molar-refractivity contribution in [3.8, 4) is 0 Å². The molecule has 0 aromatic heterocycles. The zero-order chi connectivity index (χ0) is 11.0. The molecule has 0 aliphatic heterocycles. The molecule has 14 heavy (non-hydrogen) atoms. The highest BCUT2D eigenvalue weighted by molar-refractivity contribution is 4.74. The van der Waals surface area contributed by atoms with Crippen molar-refractivity contribution in [1.82, 2.24) is 5.32 Å². The molecule has 0 aliphatic carbocycles. The van der Waals surface area contributed by atoms with E-state index in [9.17, 15) is 0 Å². The van der Waals surface area contributed by atoms with E-state index in [0.29, 0.717) is 5.41 Å². The highest BCUT2D eigenvalue weighted by atomic mass is 14.9. The van der Waals surface area contributed by atoms with Crippen LogP contribution in [0.15, 0.2) is 0 Å². The van der Waals surface area contributed by atoms with Gasteiger partial charge in [0.15, 0.2) is 0 Å². The second-order valence-electron chi connectivity index (χ2n) is 5.56.